The Morgan fingerprint density at radius 1 is 1.38 bits per heavy atom. The Balaban J connectivity index is 2.40. The van der Waals surface area contributed by atoms with Crippen molar-refractivity contribution in [2.45, 2.75) is 47.0 Å². The van der Waals surface area contributed by atoms with E-state index in [1.165, 1.54) is 25.0 Å². The van der Waals surface area contributed by atoms with E-state index in [9.17, 15) is 0 Å². The quantitative estimate of drug-likeness (QED) is 0.797. The molecule has 0 radical (unpaired) electrons. The standard InChI is InChI=1S/C13H26N2S/c1-5-11(4)8-14-12-15-9-13(6-2,7-3)10-16-12/h11H,5-10H2,1-4H3,(H,14,15). The molecule has 1 aliphatic rings. The van der Waals surface area contributed by atoms with Gasteiger partial charge in [0.05, 0.1) is 0 Å². The first-order valence-corrected chi connectivity index (χ1v) is 7.55. The molecule has 0 aromatic rings. The molecule has 0 saturated carbocycles. The summed E-state index contributed by atoms with van der Waals surface area (Å²) in [6.45, 7) is 11.2. The van der Waals surface area contributed by atoms with Crippen LogP contribution in [0.4, 0.5) is 0 Å². The molecule has 0 aromatic carbocycles. The first-order chi connectivity index (χ1) is 7.65. The summed E-state index contributed by atoms with van der Waals surface area (Å²) in [5, 5.41) is 4.64. The minimum Gasteiger partial charge on any atom is -0.365 e. The summed E-state index contributed by atoms with van der Waals surface area (Å²) in [5.74, 6) is 1.97. The van der Waals surface area contributed by atoms with Crippen molar-refractivity contribution >= 4 is 16.9 Å². The SMILES string of the molecule is CCC(C)CNC1=NCC(CC)(CC)CS1. The third-order valence-corrected chi connectivity index (χ3v) is 5.18. The van der Waals surface area contributed by atoms with Crippen molar-refractivity contribution < 1.29 is 0 Å². The van der Waals surface area contributed by atoms with Crippen molar-refractivity contribution in [2.75, 3.05) is 18.8 Å². The van der Waals surface area contributed by atoms with E-state index in [2.05, 4.69) is 33.0 Å². The smallest absolute Gasteiger partial charge is 0.156 e. The molecule has 94 valence electrons. The monoisotopic (exact) mass is 242 g/mol. The van der Waals surface area contributed by atoms with Gasteiger partial charge in [-0.25, -0.2) is 0 Å². The van der Waals surface area contributed by atoms with E-state index in [0.29, 0.717) is 5.41 Å². The number of rotatable bonds is 5. The van der Waals surface area contributed by atoms with E-state index in [0.717, 1.165) is 24.2 Å². The summed E-state index contributed by atoms with van der Waals surface area (Å²) in [6.07, 6.45) is 3.73. The zero-order valence-corrected chi connectivity index (χ0v) is 12.0. The van der Waals surface area contributed by atoms with E-state index in [4.69, 9.17) is 4.99 Å². The molecule has 2 nitrogen and oxygen atoms in total. The van der Waals surface area contributed by atoms with Gasteiger partial charge in [-0.05, 0) is 24.2 Å². The van der Waals surface area contributed by atoms with Crippen LogP contribution in [0.2, 0.25) is 0 Å². The second-order valence-corrected chi connectivity index (χ2v) is 5.98. The van der Waals surface area contributed by atoms with Crippen molar-refractivity contribution in [3.8, 4) is 0 Å². The zero-order chi connectivity index (χ0) is 12.0. The van der Waals surface area contributed by atoms with Crippen molar-refractivity contribution in [2.24, 2.45) is 16.3 Å². The Morgan fingerprint density at radius 2 is 2.06 bits per heavy atom. The van der Waals surface area contributed by atoms with Crippen LogP contribution >= 0.6 is 11.8 Å². The summed E-state index contributed by atoms with van der Waals surface area (Å²) >= 11 is 1.91. The van der Waals surface area contributed by atoms with Gasteiger partial charge in [0.25, 0.3) is 0 Å². The number of amidine groups is 1. The van der Waals surface area contributed by atoms with Crippen LogP contribution in [-0.2, 0) is 0 Å². The molecule has 0 saturated heterocycles. The molecule has 0 amide bonds. The van der Waals surface area contributed by atoms with Crippen LogP contribution < -0.4 is 5.32 Å². The Hall–Kier alpha value is -0.180. The minimum atomic E-state index is 0.465. The number of aliphatic imine (C=N–C) groups is 1. The molecule has 16 heavy (non-hydrogen) atoms. The van der Waals surface area contributed by atoms with Gasteiger partial charge in [0.1, 0.15) is 0 Å². The predicted molar refractivity (Wildman–Crippen MR) is 75.2 cm³/mol. The lowest BCUT2D eigenvalue weighted by Gasteiger charge is -2.33. The summed E-state index contributed by atoms with van der Waals surface area (Å²) in [7, 11) is 0. The molecule has 3 heteroatoms. The number of thioether (sulfide) groups is 1. The molecule has 1 rings (SSSR count). The topological polar surface area (TPSA) is 24.4 Å². The van der Waals surface area contributed by atoms with Crippen LogP contribution in [0.1, 0.15) is 47.0 Å². The highest BCUT2D eigenvalue weighted by Gasteiger charge is 2.29. The Morgan fingerprint density at radius 3 is 2.50 bits per heavy atom. The molecule has 1 atom stereocenters. The van der Waals surface area contributed by atoms with Crippen molar-refractivity contribution in [1.29, 1.82) is 0 Å². The van der Waals surface area contributed by atoms with Gasteiger partial charge in [0, 0.05) is 18.8 Å². The maximum Gasteiger partial charge on any atom is 0.156 e. The molecular weight excluding hydrogens is 216 g/mol. The van der Waals surface area contributed by atoms with Gasteiger partial charge >= 0.3 is 0 Å². The summed E-state index contributed by atoms with van der Waals surface area (Å²) in [5.41, 5.74) is 0.465. The first kappa shape index (κ1) is 13.9. The van der Waals surface area contributed by atoms with Crippen LogP contribution in [0.3, 0.4) is 0 Å². The fourth-order valence-electron chi connectivity index (χ4n) is 1.74. The molecule has 0 fully saturated rings. The molecular formula is C13H26N2S. The van der Waals surface area contributed by atoms with Crippen LogP contribution in [0, 0.1) is 11.3 Å². The van der Waals surface area contributed by atoms with Crippen molar-refractivity contribution in [1.82, 2.24) is 5.32 Å². The molecule has 1 aliphatic heterocycles. The Labute approximate surface area is 105 Å². The molecule has 1 N–H and O–H groups in total. The first-order valence-electron chi connectivity index (χ1n) is 6.57. The summed E-state index contributed by atoms with van der Waals surface area (Å²) in [4.78, 5) is 4.70. The lowest BCUT2D eigenvalue weighted by Crippen LogP contribution is -2.35. The van der Waals surface area contributed by atoms with Crippen molar-refractivity contribution in [3.63, 3.8) is 0 Å². The number of hydrogen-bond acceptors (Lipinski definition) is 3. The van der Waals surface area contributed by atoms with Crippen molar-refractivity contribution in [3.05, 3.63) is 0 Å². The maximum absolute atomic E-state index is 4.70. The van der Waals surface area contributed by atoms with Gasteiger partial charge in [0.2, 0.25) is 0 Å². The highest BCUT2D eigenvalue weighted by molar-refractivity contribution is 8.13. The Kier molecular flexibility index (Phi) is 5.67. The molecule has 0 aliphatic carbocycles. The van der Waals surface area contributed by atoms with Gasteiger partial charge in [-0.15, -0.1) is 0 Å². The van der Waals surface area contributed by atoms with Gasteiger partial charge < -0.3 is 5.32 Å². The molecule has 1 unspecified atom stereocenters. The van der Waals surface area contributed by atoms with Gasteiger partial charge in [-0.1, -0.05) is 45.9 Å². The van der Waals surface area contributed by atoms with Gasteiger partial charge in [-0.3, -0.25) is 4.99 Å². The molecule has 0 aromatic heterocycles. The van der Waals surface area contributed by atoms with Gasteiger partial charge in [-0.2, -0.15) is 0 Å². The minimum absolute atomic E-state index is 0.465. The summed E-state index contributed by atoms with van der Waals surface area (Å²) in [6, 6.07) is 0. The number of nitrogens with zero attached hydrogens (tertiary/aromatic N) is 1. The lowest BCUT2D eigenvalue weighted by molar-refractivity contribution is 0.318. The lowest BCUT2D eigenvalue weighted by atomic mass is 9.84. The normalized spacial score (nSPS) is 21.4. The average Bonchev–Trinajstić information content (AvgIpc) is 2.36. The second-order valence-electron chi connectivity index (χ2n) is 5.01. The van der Waals surface area contributed by atoms with Crippen LogP contribution in [0.5, 0.6) is 0 Å². The Bertz CT molecular complexity index is 234. The maximum atomic E-state index is 4.70. The zero-order valence-electron chi connectivity index (χ0n) is 11.2. The van der Waals surface area contributed by atoms with E-state index in [-0.39, 0.29) is 0 Å². The van der Waals surface area contributed by atoms with Crippen LogP contribution in [0.25, 0.3) is 0 Å². The molecule has 0 bridgehead atoms. The van der Waals surface area contributed by atoms with Crippen LogP contribution in [0.15, 0.2) is 4.99 Å². The van der Waals surface area contributed by atoms with Gasteiger partial charge in [0.15, 0.2) is 5.17 Å². The second kappa shape index (κ2) is 6.53. The molecule has 0 spiro atoms. The fraction of sp³-hybridized carbons (Fsp3) is 0.923. The number of nitrogens with one attached hydrogen (secondary N) is 1. The highest BCUT2D eigenvalue weighted by atomic mass is 32.2. The van der Waals surface area contributed by atoms with E-state index < -0.39 is 0 Å². The molecule has 1 heterocycles. The van der Waals surface area contributed by atoms with E-state index in [1.807, 2.05) is 11.8 Å². The largest absolute Gasteiger partial charge is 0.365 e. The van der Waals surface area contributed by atoms with Crippen LogP contribution in [-0.4, -0.2) is 24.0 Å². The van der Waals surface area contributed by atoms with E-state index in [1.54, 1.807) is 0 Å². The average molecular weight is 242 g/mol. The fourth-order valence-corrected chi connectivity index (χ4v) is 3.03. The third kappa shape index (κ3) is 3.69. The highest BCUT2D eigenvalue weighted by Crippen LogP contribution is 2.34. The van der Waals surface area contributed by atoms with E-state index >= 15 is 0 Å². The predicted octanol–water partition coefficient (Wildman–Crippen LogP) is 3.53. The third-order valence-electron chi connectivity index (χ3n) is 3.87. The summed E-state index contributed by atoms with van der Waals surface area (Å²) < 4.78 is 0. The number of hydrogen-bond donors (Lipinski definition) is 1.